The third kappa shape index (κ3) is 2.07. The SMILES string of the molecule is COC(=O)c1cc(C)cc(C(=O)O)n1. The highest BCUT2D eigenvalue weighted by molar-refractivity contribution is 5.91. The van der Waals surface area contributed by atoms with E-state index < -0.39 is 11.9 Å². The van der Waals surface area contributed by atoms with Crippen LogP contribution in [0.4, 0.5) is 0 Å². The summed E-state index contributed by atoms with van der Waals surface area (Å²) in [6, 6.07) is 2.85. The second-order valence-corrected chi connectivity index (χ2v) is 2.71. The minimum absolute atomic E-state index is 0.00454. The molecule has 5 nitrogen and oxygen atoms in total. The lowest BCUT2D eigenvalue weighted by molar-refractivity contribution is 0.0593. The summed E-state index contributed by atoms with van der Waals surface area (Å²) in [6.07, 6.45) is 0. The van der Waals surface area contributed by atoms with E-state index in [1.54, 1.807) is 6.92 Å². The van der Waals surface area contributed by atoms with Crippen molar-refractivity contribution in [1.29, 1.82) is 0 Å². The minimum atomic E-state index is -1.17. The van der Waals surface area contributed by atoms with E-state index >= 15 is 0 Å². The van der Waals surface area contributed by atoms with Gasteiger partial charge in [0, 0.05) is 0 Å². The van der Waals surface area contributed by atoms with Gasteiger partial charge in [-0.05, 0) is 24.6 Å². The Kier molecular flexibility index (Phi) is 2.81. The smallest absolute Gasteiger partial charge is 0.356 e. The van der Waals surface area contributed by atoms with Crippen molar-refractivity contribution >= 4 is 11.9 Å². The number of hydrogen-bond donors (Lipinski definition) is 1. The zero-order chi connectivity index (χ0) is 10.7. The Balaban J connectivity index is 3.20. The van der Waals surface area contributed by atoms with Gasteiger partial charge < -0.3 is 9.84 Å². The molecule has 0 spiro atoms. The second kappa shape index (κ2) is 3.87. The van der Waals surface area contributed by atoms with Crippen LogP contribution in [0.15, 0.2) is 12.1 Å². The number of methoxy groups -OCH3 is 1. The Morgan fingerprint density at radius 2 is 1.93 bits per heavy atom. The molecule has 0 unspecified atom stereocenters. The lowest BCUT2D eigenvalue weighted by atomic mass is 10.2. The third-order valence-electron chi connectivity index (χ3n) is 1.58. The van der Waals surface area contributed by atoms with E-state index in [4.69, 9.17) is 5.11 Å². The van der Waals surface area contributed by atoms with E-state index in [2.05, 4.69) is 9.72 Å². The van der Waals surface area contributed by atoms with Gasteiger partial charge in [0.2, 0.25) is 0 Å². The maximum atomic E-state index is 11.1. The van der Waals surface area contributed by atoms with Gasteiger partial charge in [0.15, 0.2) is 0 Å². The number of esters is 1. The Morgan fingerprint density at radius 3 is 2.43 bits per heavy atom. The molecular formula is C9H9NO4. The van der Waals surface area contributed by atoms with E-state index in [1.807, 2.05) is 0 Å². The highest BCUT2D eigenvalue weighted by Crippen LogP contribution is 2.06. The predicted molar refractivity (Wildman–Crippen MR) is 47.3 cm³/mol. The maximum absolute atomic E-state index is 11.1. The van der Waals surface area contributed by atoms with Crippen LogP contribution in [0.1, 0.15) is 26.5 Å². The molecule has 0 aromatic carbocycles. The number of carboxylic acid groups (broad SMARTS) is 1. The maximum Gasteiger partial charge on any atom is 0.356 e. The van der Waals surface area contributed by atoms with Gasteiger partial charge in [0.1, 0.15) is 11.4 Å². The topological polar surface area (TPSA) is 76.5 Å². The summed E-state index contributed by atoms with van der Waals surface area (Å²) >= 11 is 0. The molecule has 1 aromatic rings. The van der Waals surface area contributed by atoms with Crippen LogP contribution in [0.3, 0.4) is 0 Å². The molecule has 0 bridgehead atoms. The number of rotatable bonds is 2. The number of pyridine rings is 1. The van der Waals surface area contributed by atoms with Crippen molar-refractivity contribution in [1.82, 2.24) is 4.98 Å². The fourth-order valence-electron chi connectivity index (χ4n) is 0.986. The zero-order valence-electron chi connectivity index (χ0n) is 7.77. The number of carboxylic acids is 1. The molecule has 0 atom stereocenters. The first-order valence-corrected chi connectivity index (χ1v) is 3.85. The molecule has 1 N–H and O–H groups in total. The Labute approximate surface area is 80.3 Å². The summed E-state index contributed by atoms with van der Waals surface area (Å²) in [7, 11) is 1.22. The third-order valence-corrected chi connectivity index (χ3v) is 1.58. The first kappa shape index (κ1) is 10.2. The predicted octanol–water partition coefficient (Wildman–Crippen LogP) is 0.875. The van der Waals surface area contributed by atoms with Crippen LogP contribution in [0, 0.1) is 6.92 Å². The standard InChI is InChI=1S/C9H9NO4/c1-5-3-6(8(11)12)10-7(4-5)9(13)14-2/h3-4H,1-2H3,(H,11,12). The number of hydrogen-bond acceptors (Lipinski definition) is 4. The van der Waals surface area contributed by atoms with Gasteiger partial charge in [0.25, 0.3) is 0 Å². The molecule has 0 saturated carbocycles. The molecule has 0 aliphatic rings. The number of carbonyl (C=O) groups is 2. The van der Waals surface area contributed by atoms with Crippen molar-refractivity contribution in [3.63, 3.8) is 0 Å². The molecule has 0 aliphatic heterocycles. The fraction of sp³-hybridized carbons (Fsp3) is 0.222. The van der Waals surface area contributed by atoms with Gasteiger partial charge in [-0.2, -0.15) is 0 Å². The van der Waals surface area contributed by atoms with Gasteiger partial charge in [-0.25, -0.2) is 14.6 Å². The highest BCUT2D eigenvalue weighted by atomic mass is 16.5. The van der Waals surface area contributed by atoms with Crippen molar-refractivity contribution in [2.45, 2.75) is 6.92 Å². The zero-order valence-corrected chi connectivity index (χ0v) is 7.77. The molecule has 0 radical (unpaired) electrons. The molecule has 1 aromatic heterocycles. The number of aromatic nitrogens is 1. The molecule has 1 rings (SSSR count). The monoisotopic (exact) mass is 195 g/mol. The van der Waals surface area contributed by atoms with Gasteiger partial charge >= 0.3 is 11.9 Å². The van der Waals surface area contributed by atoms with Crippen molar-refractivity contribution in [2.24, 2.45) is 0 Å². The normalized spacial score (nSPS) is 9.57. The fourth-order valence-corrected chi connectivity index (χ4v) is 0.986. The second-order valence-electron chi connectivity index (χ2n) is 2.71. The Bertz CT molecular complexity index is 386. The van der Waals surface area contributed by atoms with Gasteiger partial charge in [0.05, 0.1) is 7.11 Å². The highest BCUT2D eigenvalue weighted by Gasteiger charge is 2.12. The van der Waals surface area contributed by atoms with Crippen molar-refractivity contribution < 1.29 is 19.4 Å². The first-order valence-electron chi connectivity index (χ1n) is 3.85. The van der Waals surface area contributed by atoms with Crippen LogP contribution in [-0.2, 0) is 4.74 Å². The van der Waals surface area contributed by atoms with Crippen molar-refractivity contribution in [3.8, 4) is 0 Å². The number of ether oxygens (including phenoxy) is 1. The minimum Gasteiger partial charge on any atom is -0.477 e. The average molecular weight is 195 g/mol. The molecule has 74 valence electrons. The molecule has 0 aliphatic carbocycles. The summed E-state index contributed by atoms with van der Waals surface area (Å²) in [6.45, 7) is 1.68. The van der Waals surface area contributed by atoms with Crippen LogP contribution in [0.2, 0.25) is 0 Å². The number of nitrogens with zero attached hydrogens (tertiary/aromatic N) is 1. The molecular weight excluding hydrogens is 186 g/mol. The number of aryl methyl sites for hydroxylation is 1. The van der Waals surface area contributed by atoms with E-state index in [-0.39, 0.29) is 11.4 Å². The van der Waals surface area contributed by atoms with E-state index in [0.29, 0.717) is 5.56 Å². The largest absolute Gasteiger partial charge is 0.477 e. The first-order chi connectivity index (χ1) is 6.54. The van der Waals surface area contributed by atoms with E-state index in [1.165, 1.54) is 19.2 Å². The van der Waals surface area contributed by atoms with Crippen LogP contribution in [0.5, 0.6) is 0 Å². The van der Waals surface area contributed by atoms with Crippen molar-refractivity contribution in [3.05, 3.63) is 29.1 Å². The summed E-state index contributed by atoms with van der Waals surface area (Å²) < 4.78 is 4.43. The molecule has 5 heteroatoms. The molecule has 0 saturated heterocycles. The van der Waals surface area contributed by atoms with Gasteiger partial charge in [-0.15, -0.1) is 0 Å². The molecule has 0 amide bonds. The Hall–Kier alpha value is -1.91. The Morgan fingerprint density at radius 1 is 1.36 bits per heavy atom. The van der Waals surface area contributed by atoms with Gasteiger partial charge in [-0.3, -0.25) is 0 Å². The number of aromatic carboxylic acids is 1. The quantitative estimate of drug-likeness (QED) is 0.708. The lowest BCUT2D eigenvalue weighted by Gasteiger charge is -2.01. The lowest BCUT2D eigenvalue weighted by Crippen LogP contribution is -2.09. The molecule has 0 fully saturated rings. The van der Waals surface area contributed by atoms with E-state index in [9.17, 15) is 9.59 Å². The summed E-state index contributed by atoms with van der Waals surface area (Å²) in [4.78, 5) is 25.3. The van der Waals surface area contributed by atoms with E-state index in [0.717, 1.165) is 0 Å². The molecule has 14 heavy (non-hydrogen) atoms. The van der Waals surface area contributed by atoms with Crippen LogP contribution < -0.4 is 0 Å². The number of carbonyl (C=O) groups excluding carboxylic acids is 1. The van der Waals surface area contributed by atoms with Crippen LogP contribution in [-0.4, -0.2) is 29.1 Å². The summed E-state index contributed by atoms with van der Waals surface area (Å²) in [5, 5.41) is 8.67. The van der Waals surface area contributed by atoms with Crippen molar-refractivity contribution in [2.75, 3.05) is 7.11 Å². The van der Waals surface area contributed by atoms with Gasteiger partial charge in [-0.1, -0.05) is 0 Å². The average Bonchev–Trinajstić information content (AvgIpc) is 2.15. The van der Waals surface area contributed by atoms with Crippen LogP contribution in [0.25, 0.3) is 0 Å². The van der Waals surface area contributed by atoms with Crippen LogP contribution >= 0.6 is 0 Å². The summed E-state index contributed by atoms with van der Waals surface area (Å²) in [5.74, 6) is -1.81. The molecule has 1 heterocycles. The summed E-state index contributed by atoms with van der Waals surface area (Å²) in [5.41, 5.74) is 0.494.